The van der Waals surface area contributed by atoms with E-state index in [4.69, 9.17) is 0 Å². The second-order valence-electron chi connectivity index (χ2n) is 7.92. The van der Waals surface area contributed by atoms with E-state index in [2.05, 4.69) is 10.1 Å². The van der Waals surface area contributed by atoms with E-state index in [-0.39, 0.29) is 23.3 Å². The summed E-state index contributed by atoms with van der Waals surface area (Å²) >= 11 is 1.16. The zero-order valence-corrected chi connectivity index (χ0v) is 19.5. The minimum absolute atomic E-state index is 0.0635. The first-order chi connectivity index (χ1) is 17.1. The van der Waals surface area contributed by atoms with Gasteiger partial charge in [0.05, 0.1) is 23.7 Å². The smallest absolute Gasteiger partial charge is 0.272 e. The summed E-state index contributed by atoms with van der Waals surface area (Å²) in [5.74, 6) is -0.840. The van der Waals surface area contributed by atoms with Gasteiger partial charge in [0.15, 0.2) is 5.17 Å². The summed E-state index contributed by atoms with van der Waals surface area (Å²) in [5.41, 5.74) is 3.44. The Morgan fingerprint density at radius 3 is 2.37 bits per heavy atom. The summed E-state index contributed by atoms with van der Waals surface area (Å²) in [6.07, 6.45) is 2.39. The maximum atomic E-state index is 13.5. The zero-order valence-electron chi connectivity index (χ0n) is 18.7. The normalized spacial score (nSPS) is 16.6. The van der Waals surface area contributed by atoms with Crippen molar-refractivity contribution >= 4 is 46.2 Å². The molecule has 3 aromatic carbocycles. The van der Waals surface area contributed by atoms with Gasteiger partial charge in [-0.15, -0.1) is 0 Å². The summed E-state index contributed by atoms with van der Waals surface area (Å²) < 4.78 is 13.5. The first kappa shape index (κ1) is 22.7. The molecule has 3 aromatic rings. The third-order valence-electron chi connectivity index (χ3n) is 5.54. The molecule has 35 heavy (non-hydrogen) atoms. The zero-order chi connectivity index (χ0) is 24.2. The molecule has 2 aliphatic heterocycles. The fraction of sp³-hybridized carbons (Fsp3) is 0.111. The number of halogens is 1. The number of amides is 2. The molecule has 0 aromatic heterocycles. The predicted octanol–water partition coefficient (Wildman–Crippen LogP) is 4.94. The molecule has 2 amide bonds. The monoisotopic (exact) mass is 484 g/mol. The molecule has 0 fully saturated rings. The molecular weight excluding hydrogens is 463 g/mol. The van der Waals surface area contributed by atoms with Crippen molar-refractivity contribution in [2.24, 2.45) is 10.1 Å². The molecule has 6 nitrogen and oxygen atoms in total. The van der Waals surface area contributed by atoms with Gasteiger partial charge in [0.2, 0.25) is 0 Å². The van der Waals surface area contributed by atoms with Crippen LogP contribution in [0.2, 0.25) is 0 Å². The molecule has 0 unspecified atom stereocenters. The molecule has 0 saturated heterocycles. The molecule has 5 rings (SSSR count). The summed E-state index contributed by atoms with van der Waals surface area (Å²) in [6.45, 7) is 0.510. The molecule has 0 N–H and O–H groups in total. The van der Waals surface area contributed by atoms with Crippen LogP contribution in [0.15, 0.2) is 101 Å². The van der Waals surface area contributed by atoms with Crippen molar-refractivity contribution < 1.29 is 14.0 Å². The lowest BCUT2D eigenvalue weighted by atomic mass is 10.1. The summed E-state index contributed by atoms with van der Waals surface area (Å²) in [4.78, 5) is 32.1. The molecule has 0 atom stereocenters. The highest BCUT2D eigenvalue weighted by atomic mass is 32.2. The number of thioether (sulfide) groups is 1. The van der Waals surface area contributed by atoms with E-state index >= 15 is 0 Å². The predicted molar refractivity (Wildman–Crippen MR) is 138 cm³/mol. The van der Waals surface area contributed by atoms with Gasteiger partial charge in [-0.2, -0.15) is 5.10 Å². The third kappa shape index (κ3) is 5.07. The van der Waals surface area contributed by atoms with E-state index in [0.717, 1.165) is 28.6 Å². The number of rotatable bonds is 5. The molecule has 8 heteroatoms. The van der Waals surface area contributed by atoms with Gasteiger partial charge in [-0.3, -0.25) is 14.5 Å². The van der Waals surface area contributed by atoms with E-state index in [0.29, 0.717) is 23.8 Å². The van der Waals surface area contributed by atoms with E-state index in [1.165, 1.54) is 34.2 Å². The van der Waals surface area contributed by atoms with Gasteiger partial charge in [0.1, 0.15) is 11.5 Å². The molecule has 2 aliphatic rings. The molecule has 0 spiro atoms. The number of carbonyl (C=O) groups excluding carboxylic acids is 2. The number of amidine groups is 1. The van der Waals surface area contributed by atoms with Crippen LogP contribution >= 0.6 is 11.8 Å². The Morgan fingerprint density at radius 1 is 0.971 bits per heavy atom. The lowest BCUT2D eigenvalue weighted by molar-refractivity contribution is -0.127. The number of carbonyl (C=O) groups is 2. The van der Waals surface area contributed by atoms with Crippen LogP contribution in [0.5, 0.6) is 0 Å². The van der Waals surface area contributed by atoms with Crippen molar-refractivity contribution in [3.8, 4) is 0 Å². The van der Waals surface area contributed by atoms with Crippen LogP contribution in [0.1, 0.15) is 17.5 Å². The summed E-state index contributed by atoms with van der Waals surface area (Å²) in [6, 6.07) is 24.8. The number of benzene rings is 3. The van der Waals surface area contributed by atoms with Crippen molar-refractivity contribution in [3.63, 3.8) is 0 Å². The average Bonchev–Trinajstić information content (AvgIpc) is 3.50. The molecule has 0 radical (unpaired) electrons. The SMILES string of the molecule is O=C(CSC1=N/C(=C/c2ccccc2)C(=O)N1c1ccc(F)cc1)N1CCC(c2ccccc2)=N1. The summed E-state index contributed by atoms with van der Waals surface area (Å²) in [5, 5.41) is 6.32. The second-order valence-corrected chi connectivity index (χ2v) is 8.86. The lowest BCUT2D eigenvalue weighted by Gasteiger charge is -2.18. The van der Waals surface area contributed by atoms with Crippen molar-refractivity contribution in [1.82, 2.24) is 5.01 Å². The first-order valence-corrected chi connectivity index (χ1v) is 12.1. The highest BCUT2D eigenvalue weighted by Crippen LogP contribution is 2.30. The molecule has 0 saturated carbocycles. The largest absolute Gasteiger partial charge is 0.283 e. The number of hydrogen-bond donors (Lipinski definition) is 0. The molecule has 0 bridgehead atoms. The molecule has 174 valence electrons. The fourth-order valence-corrected chi connectivity index (χ4v) is 4.67. The van der Waals surface area contributed by atoms with Crippen LogP contribution < -0.4 is 4.90 Å². The van der Waals surface area contributed by atoms with E-state index in [1.807, 2.05) is 60.7 Å². The van der Waals surface area contributed by atoms with Crippen molar-refractivity contribution in [2.45, 2.75) is 6.42 Å². The summed E-state index contributed by atoms with van der Waals surface area (Å²) in [7, 11) is 0. The van der Waals surface area contributed by atoms with Crippen LogP contribution in [0.4, 0.5) is 10.1 Å². The molecule has 2 heterocycles. The number of anilines is 1. The van der Waals surface area contributed by atoms with Crippen molar-refractivity contribution in [3.05, 3.63) is 108 Å². The first-order valence-electron chi connectivity index (χ1n) is 11.1. The second kappa shape index (κ2) is 10.1. The topological polar surface area (TPSA) is 65.3 Å². The quantitative estimate of drug-likeness (QED) is 0.482. The number of hydrogen-bond acceptors (Lipinski definition) is 5. The molecular formula is C27H21FN4O2S. The van der Waals surface area contributed by atoms with Gasteiger partial charge in [0, 0.05) is 6.42 Å². The number of aliphatic imine (C=N–C) groups is 1. The average molecular weight is 485 g/mol. The lowest BCUT2D eigenvalue weighted by Crippen LogP contribution is -2.32. The Hall–Kier alpha value is -4.04. The van der Waals surface area contributed by atoms with E-state index < -0.39 is 5.82 Å². The van der Waals surface area contributed by atoms with Crippen LogP contribution in [0.3, 0.4) is 0 Å². The Labute approximate surface area is 206 Å². The number of hydrazone groups is 1. The standard InChI is InChI=1S/C27H21FN4O2S/c28-21-11-13-22(14-12-21)32-26(34)24(17-19-7-3-1-4-8-19)29-27(32)35-18-25(33)31-16-15-23(30-31)20-9-5-2-6-10-20/h1-14,17H,15-16,18H2/b24-17+. The van der Waals surface area contributed by atoms with Gasteiger partial charge in [-0.05, 0) is 41.5 Å². The van der Waals surface area contributed by atoms with Gasteiger partial charge in [0.25, 0.3) is 11.8 Å². The van der Waals surface area contributed by atoms with Crippen LogP contribution in [-0.2, 0) is 9.59 Å². The van der Waals surface area contributed by atoms with Crippen LogP contribution in [0, 0.1) is 5.82 Å². The highest BCUT2D eigenvalue weighted by molar-refractivity contribution is 8.14. The maximum Gasteiger partial charge on any atom is 0.283 e. The van der Waals surface area contributed by atoms with E-state index in [1.54, 1.807) is 6.08 Å². The number of nitrogens with zero attached hydrogens (tertiary/aromatic N) is 4. The minimum Gasteiger partial charge on any atom is -0.272 e. The van der Waals surface area contributed by atoms with Crippen LogP contribution in [0.25, 0.3) is 6.08 Å². The van der Waals surface area contributed by atoms with Gasteiger partial charge >= 0.3 is 0 Å². The Balaban J connectivity index is 1.35. The molecule has 0 aliphatic carbocycles. The van der Waals surface area contributed by atoms with Gasteiger partial charge < -0.3 is 0 Å². The van der Waals surface area contributed by atoms with Gasteiger partial charge in [-0.1, -0.05) is 72.4 Å². The Morgan fingerprint density at radius 2 is 1.66 bits per heavy atom. The van der Waals surface area contributed by atoms with Crippen molar-refractivity contribution in [1.29, 1.82) is 0 Å². The van der Waals surface area contributed by atoms with E-state index in [9.17, 15) is 14.0 Å². The fourth-order valence-electron chi connectivity index (χ4n) is 3.79. The maximum absolute atomic E-state index is 13.5. The highest BCUT2D eigenvalue weighted by Gasteiger charge is 2.33. The Bertz CT molecular complexity index is 1340. The van der Waals surface area contributed by atoms with Crippen LogP contribution in [-0.4, -0.2) is 40.0 Å². The minimum atomic E-state index is -0.400. The third-order valence-corrected chi connectivity index (χ3v) is 6.46. The Kier molecular flexibility index (Phi) is 6.54. The van der Waals surface area contributed by atoms with Gasteiger partial charge in [-0.25, -0.2) is 14.4 Å². The van der Waals surface area contributed by atoms with Crippen molar-refractivity contribution in [2.75, 3.05) is 17.2 Å².